The SMILES string of the molecule is CCOC(=O)/C(=C/C(=Nc1c(F)c(F)c(C(F)(F)F)c(F)c1F)c1ccccc1)c1ccccc1. The molecule has 0 saturated heterocycles. The Morgan fingerprint density at radius 2 is 1.31 bits per heavy atom. The zero-order valence-electron chi connectivity index (χ0n) is 18.0. The van der Waals surface area contributed by atoms with Gasteiger partial charge in [-0.05, 0) is 18.6 Å². The minimum absolute atomic E-state index is 0.0145. The van der Waals surface area contributed by atoms with Gasteiger partial charge in [0.05, 0.1) is 17.9 Å². The van der Waals surface area contributed by atoms with E-state index in [1.165, 1.54) is 36.4 Å². The monoisotopic (exact) mass is 495 g/mol. The van der Waals surface area contributed by atoms with Crippen LogP contribution in [-0.4, -0.2) is 18.3 Å². The van der Waals surface area contributed by atoms with E-state index in [9.17, 15) is 35.5 Å². The Morgan fingerprint density at radius 1 is 0.829 bits per heavy atom. The molecule has 0 saturated carbocycles. The molecule has 0 radical (unpaired) electrons. The van der Waals surface area contributed by atoms with E-state index in [1.807, 2.05) is 0 Å². The zero-order chi connectivity index (χ0) is 25.8. The van der Waals surface area contributed by atoms with E-state index < -0.39 is 46.7 Å². The van der Waals surface area contributed by atoms with Crippen molar-refractivity contribution >= 4 is 22.9 Å². The maximum atomic E-state index is 14.5. The van der Waals surface area contributed by atoms with Crippen LogP contribution < -0.4 is 0 Å². The van der Waals surface area contributed by atoms with Crippen LogP contribution in [0.5, 0.6) is 0 Å². The van der Waals surface area contributed by atoms with Gasteiger partial charge in [-0.2, -0.15) is 13.2 Å². The number of carbonyl (C=O) groups excluding carboxylic acids is 1. The first-order chi connectivity index (χ1) is 16.6. The zero-order valence-corrected chi connectivity index (χ0v) is 18.0. The van der Waals surface area contributed by atoms with Gasteiger partial charge in [-0.1, -0.05) is 60.7 Å². The molecule has 182 valence electrons. The summed E-state index contributed by atoms with van der Waals surface area (Å²) in [6.45, 7) is 1.53. The molecule has 0 heterocycles. The lowest BCUT2D eigenvalue weighted by atomic mass is 10.0. The summed E-state index contributed by atoms with van der Waals surface area (Å²) in [4.78, 5) is 16.2. The van der Waals surface area contributed by atoms with Crippen LogP contribution in [0.25, 0.3) is 5.57 Å². The fraction of sp³-hybridized carbons (Fsp3) is 0.120. The second-order valence-corrected chi connectivity index (χ2v) is 6.98. The van der Waals surface area contributed by atoms with E-state index >= 15 is 0 Å². The summed E-state index contributed by atoms with van der Waals surface area (Å²) in [5, 5.41) is 0. The van der Waals surface area contributed by atoms with Crippen LogP contribution in [0.2, 0.25) is 0 Å². The normalized spacial score (nSPS) is 12.6. The van der Waals surface area contributed by atoms with Crippen LogP contribution in [0.15, 0.2) is 71.7 Å². The Labute approximate surface area is 195 Å². The summed E-state index contributed by atoms with van der Waals surface area (Å²) in [6.07, 6.45) is -4.63. The number of aliphatic imine (C=N–C) groups is 1. The second-order valence-electron chi connectivity index (χ2n) is 6.98. The molecular weight excluding hydrogens is 479 g/mol. The van der Waals surface area contributed by atoms with Crippen molar-refractivity contribution in [1.82, 2.24) is 0 Å². The van der Waals surface area contributed by atoms with Crippen molar-refractivity contribution in [3.05, 3.63) is 107 Å². The topological polar surface area (TPSA) is 38.7 Å². The number of ether oxygens (including phenoxy) is 1. The molecule has 3 rings (SSSR count). The highest BCUT2D eigenvalue weighted by Gasteiger charge is 2.42. The number of alkyl halides is 3. The molecule has 0 aliphatic carbocycles. The Balaban J connectivity index is 2.33. The molecule has 10 heteroatoms. The molecule has 3 aromatic rings. The van der Waals surface area contributed by atoms with Crippen molar-refractivity contribution in [3.63, 3.8) is 0 Å². The average molecular weight is 495 g/mol. The first-order valence-corrected chi connectivity index (χ1v) is 10.1. The number of nitrogens with zero attached hydrogens (tertiary/aromatic N) is 1. The number of halogens is 7. The fourth-order valence-corrected chi connectivity index (χ4v) is 3.10. The molecule has 0 aromatic heterocycles. The molecular formula is C25H16F7NO2. The third-order valence-electron chi connectivity index (χ3n) is 4.69. The summed E-state index contributed by atoms with van der Waals surface area (Å²) in [5.41, 5.74) is -4.36. The molecule has 0 N–H and O–H groups in total. The maximum Gasteiger partial charge on any atom is 0.422 e. The summed E-state index contributed by atoms with van der Waals surface area (Å²) < 4.78 is 101. The highest BCUT2D eigenvalue weighted by atomic mass is 19.4. The number of rotatable bonds is 6. The van der Waals surface area contributed by atoms with Gasteiger partial charge in [-0.25, -0.2) is 27.3 Å². The van der Waals surface area contributed by atoms with E-state index in [2.05, 4.69) is 4.99 Å². The van der Waals surface area contributed by atoms with Crippen LogP contribution in [0, 0.1) is 23.3 Å². The third-order valence-corrected chi connectivity index (χ3v) is 4.69. The molecule has 0 bridgehead atoms. The molecule has 0 atom stereocenters. The number of carbonyl (C=O) groups is 1. The minimum atomic E-state index is -5.69. The van der Waals surface area contributed by atoms with E-state index in [4.69, 9.17) is 4.74 Å². The van der Waals surface area contributed by atoms with Crippen molar-refractivity contribution in [2.45, 2.75) is 13.1 Å². The summed E-state index contributed by atoms with van der Waals surface area (Å²) in [5.74, 6) is -10.8. The first kappa shape index (κ1) is 25.7. The predicted molar refractivity (Wildman–Crippen MR) is 115 cm³/mol. The number of esters is 1. The van der Waals surface area contributed by atoms with Gasteiger partial charge in [0.2, 0.25) is 0 Å². The van der Waals surface area contributed by atoms with Crippen molar-refractivity contribution < 1.29 is 40.3 Å². The van der Waals surface area contributed by atoms with Crippen LogP contribution in [0.4, 0.5) is 36.4 Å². The second kappa shape index (κ2) is 10.5. The van der Waals surface area contributed by atoms with Gasteiger partial charge < -0.3 is 4.74 Å². The molecule has 0 aliphatic rings. The number of hydrogen-bond donors (Lipinski definition) is 0. The van der Waals surface area contributed by atoms with E-state index in [0.717, 1.165) is 6.08 Å². The standard InChI is InChI=1S/C25H16F7NO2/c1-2-35-24(34)16(14-9-5-3-6-10-14)13-17(15-11-7-4-8-12-15)33-23-21(28)19(26)18(25(30,31)32)20(27)22(23)29/h3-13H,2H2,1H3/b16-13+,33-17?. The van der Waals surface area contributed by atoms with E-state index in [1.54, 1.807) is 31.2 Å². The van der Waals surface area contributed by atoms with E-state index in [-0.39, 0.29) is 23.5 Å². The fourth-order valence-electron chi connectivity index (χ4n) is 3.10. The van der Waals surface area contributed by atoms with Crippen LogP contribution in [0.1, 0.15) is 23.6 Å². The van der Waals surface area contributed by atoms with Crippen molar-refractivity contribution in [2.24, 2.45) is 4.99 Å². The van der Waals surface area contributed by atoms with Gasteiger partial charge in [0.1, 0.15) is 11.3 Å². The van der Waals surface area contributed by atoms with E-state index in [0.29, 0.717) is 5.56 Å². The van der Waals surface area contributed by atoms with Crippen LogP contribution >= 0.6 is 0 Å². The Morgan fingerprint density at radius 3 is 1.77 bits per heavy atom. The van der Waals surface area contributed by atoms with Crippen molar-refractivity contribution in [3.8, 4) is 0 Å². The van der Waals surface area contributed by atoms with Gasteiger partial charge in [-0.15, -0.1) is 0 Å². The lowest BCUT2D eigenvalue weighted by Gasteiger charge is -2.13. The highest BCUT2D eigenvalue weighted by Crippen LogP contribution is 2.39. The minimum Gasteiger partial charge on any atom is -0.462 e. The van der Waals surface area contributed by atoms with Gasteiger partial charge >= 0.3 is 12.1 Å². The summed E-state index contributed by atoms with van der Waals surface area (Å²) in [7, 11) is 0. The number of hydrogen-bond acceptors (Lipinski definition) is 3. The maximum absolute atomic E-state index is 14.5. The predicted octanol–water partition coefficient (Wildman–Crippen LogP) is 7.03. The van der Waals surface area contributed by atoms with Gasteiger partial charge in [-0.3, -0.25) is 0 Å². The Kier molecular flexibility index (Phi) is 7.73. The van der Waals surface area contributed by atoms with Crippen molar-refractivity contribution in [2.75, 3.05) is 6.61 Å². The molecule has 3 nitrogen and oxygen atoms in total. The molecule has 0 aliphatic heterocycles. The highest BCUT2D eigenvalue weighted by molar-refractivity contribution is 6.25. The molecule has 35 heavy (non-hydrogen) atoms. The number of allylic oxidation sites excluding steroid dienone is 1. The lowest BCUT2D eigenvalue weighted by molar-refractivity contribution is -0.143. The third kappa shape index (κ3) is 5.59. The van der Waals surface area contributed by atoms with Crippen LogP contribution in [-0.2, 0) is 15.7 Å². The lowest BCUT2D eigenvalue weighted by Crippen LogP contribution is -2.15. The van der Waals surface area contributed by atoms with Gasteiger partial charge in [0.15, 0.2) is 23.3 Å². The quantitative estimate of drug-likeness (QED) is 0.121. The molecule has 0 unspecified atom stereocenters. The summed E-state index contributed by atoms with van der Waals surface area (Å²) >= 11 is 0. The molecule has 0 fully saturated rings. The smallest absolute Gasteiger partial charge is 0.422 e. The molecule has 0 spiro atoms. The van der Waals surface area contributed by atoms with Gasteiger partial charge in [0.25, 0.3) is 0 Å². The van der Waals surface area contributed by atoms with Gasteiger partial charge in [0, 0.05) is 5.56 Å². The van der Waals surface area contributed by atoms with Crippen molar-refractivity contribution in [1.29, 1.82) is 0 Å². The largest absolute Gasteiger partial charge is 0.462 e. The molecule has 3 aromatic carbocycles. The first-order valence-electron chi connectivity index (χ1n) is 10.1. The Bertz CT molecular complexity index is 1260. The summed E-state index contributed by atoms with van der Waals surface area (Å²) in [6, 6.07) is 15.4. The Hall–Kier alpha value is -3.95. The number of benzene rings is 3. The average Bonchev–Trinajstić information content (AvgIpc) is 2.83. The van der Waals surface area contributed by atoms with Crippen LogP contribution in [0.3, 0.4) is 0 Å². The molecule has 0 amide bonds.